The molecule has 0 aromatic carbocycles. The van der Waals surface area contributed by atoms with E-state index in [2.05, 4.69) is 31.3 Å². The Morgan fingerprint density at radius 2 is 0.727 bits per heavy atom. The molecular weight excluding hydrogens is 1130 g/mol. The van der Waals surface area contributed by atoms with E-state index in [0.717, 1.165) is 38.5 Å². The number of ether oxygens (including phenoxy) is 6. The van der Waals surface area contributed by atoms with E-state index in [-0.39, 0.29) is 18.9 Å². The maximum atomic E-state index is 13.3. The number of aliphatic hydroxyl groups is 11. The Kier molecular flexibility index (Phi) is 47.3. The number of allylic oxidation sites excluding steroid dienone is 3. The summed E-state index contributed by atoms with van der Waals surface area (Å²) >= 11 is 0. The summed E-state index contributed by atoms with van der Waals surface area (Å²) in [6.45, 7) is 1.71. The Labute approximate surface area is 530 Å². The van der Waals surface area contributed by atoms with Crippen LogP contribution in [0.3, 0.4) is 0 Å². The molecule has 0 bridgehead atoms. The molecule has 3 aliphatic rings. The molecule has 3 aliphatic heterocycles. The SMILES string of the molecule is CCCCCCCCCCCCCCCCCCCCCCCCCCCCC/C=C/CC/C=C/C(O)C(COC1OC(CO)C(OC2OC(CO)C(OC3OC(CO)C(O)C(O)C3O)C(O)C2O)C(O)C1O)NC(=O)CCCCCCCCCCCC. The maximum absolute atomic E-state index is 13.3. The topological polar surface area (TPSA) is 307 Å². The van der Waals surface area contributed by atoms with Crippen molar-refractivity contribution in [3.8, 4) is 0 Å². The molecule has 19 heteroatoms. The molecule has 17 atom stereocenters. The van der Waals surface area contributed by atoms with E-state index >= 15 is 0 Å². The van der Waals surface area contributed by atoms with E-state index in [1.807, 2.05) is 6.08 Å². The summed E-state index contributed by atoms with van der Waals surface area (Å²) in [5, 5.41) is 120. The highest BCUT2D eigenvalue weighted by Crippen LogP contribution is 2.33. The van der Waals surface area contributed by atoms with Crippen LogP contribution in [0.5, 0.6) is 0 Å². The second-order valence-corrected chi connectivity index (χ2v) is 25.7. The van der Waals surface area contributed by atoms with Crippen LogP contribution in [0, 0.1) is 0 Å². The number of nitrogens with one attached hydrogen (secondary N) is 1. The Hall–Kier alpha value is -1.73. The van der Waals surface area contributed by atoms with Gasteiger partial charge in [0.25, 0.3) is 0 Å². The van der Waals surface area contributed by atoms with E-state index < -0.39 is 124 Å². The van der Waals surface area contributed by atoms with Crippen molar-refractivity contribution in [3.05, 3.63) is 24.3 Å². The number of amides is 1. The van der Waals surface area contributed by atoms with Crippen molar-refractivity contribution in [1.82, 2.24) is 5.32 Å². The highest BCUT2D eigenvalue weighted by Gasteiger charge is 2.53. The van der Waals surface area contributed by atoms with E-state index in [9.17, 15) is 61.0 Å². The average Bonchev–Trinajstić information content (AvgIpc) is 1.59. The van der Waals surface area contributed by atoms with Crippen molar-refractivity contribution < 1.29 is 89.4 Å². The van der Waals surface area contributed by atoms with Gasteiger partial charge in [-0.2, -0.15) is 0 Å². The smallest absolute Gasteiger partial charge is 0.220 e. The fourth-order valence-electron chi connectivity index (χ4n) is 12.2. The Morgan fingerprint density at radius 1 is 0.398 bits per heavy atom. The van der Waals surface area contributed by atoms with Gasteiger partial charge in [-0.1, -0.05) is 263 Å². The van der Waals surface area contributed by atoms with Crippen LogP contribution in [0.4, 0.5) is 0 Å². The second-order valence-electron chi connectivity index (χ2n) is 25.7. The number of hydrogen-bond acceptors (Lipinski definition) is 18. The number of carbonyl (C=O) groups excluding carboxylic acids is 1. The third-order valence-electron chi connectivity index (χ3n) is 18.0. The fourth-order valence-corrected chi connectivity index (χ4v) is 12.2. The summed E-state index contributed by atoms with van der Waals surface area (Å²) in [5.74, 6) is -0.285. The Bertz CT molecular complexity index is 1690. The van der Waals surface area contributed by atoms with Crippen LogP contribution < -0.4 is 5.32 Å². The van der Waals surface area contributed by atoms with Gasteiger partial charge in [0.2, 0.25) is 5.91 Å². The second kappa shape index (κ2) is 51.7. The van der Waals surface area contributed by atoms with Crippen LogP contribution in [0.2, 0.25) is 0 Å². The number of aliphatic hydroxyl groups excluding tert-OH is 11. The lowest BCUT2D eigenvalue weighted by Gasteiger charge is -2.48. The maximum Gasteiger partial charge on any atom is 0.220 e. The first-order valence-electron chi connectivity index (χ1n) is 35.6. The van der Waals surface area contributed by atoms with Gasteiger partial charge in [0.1, 0.15) is 73.2 Å². The number of carbonyl (C=O) groups is 1. The number of rotatable bonds is 55. The predicted molar refractivity (Wildman–Crippen MR) is 342 cm³/mol. The van der Waals surface area contributed by atoms with Gasteiger partial charge >= 0.3 is 0 Å². The fraction of sp³-hybridized carbons (Fsp3) is 0.928. The largest absolute Gasteiger partial charge is 0.394 e. The van der Waals surface area contributed by atoms with Crippen LogP contribution >= 0.6 is 0 Å². The molecule has 0 aromatic rings. The third-order valence-corrected chi connectivity index (χ3v) is 18.0. The normalized spacial score (nSPS) is 28.5. The van der Waals surface area contributed by atoms with Crippen LogP contribution in [-0.2, 0) is 33.2 Å². The summed E-state index contributed by atoms with van der Waals surface area (Å²) in [7, 11) is 0. The minimum atomic E-state index is -1.98. The Balaban J connectivity index is 1.36. The van der Waals surface area contributed by atoms with Crippen molar-refractivity contribution in [2.75, 3.05) is 26.4 Å². The third kappa shape index (κ3) is 33.4. The van der Waals surface area contributed by atoms with Crippen molar-refractivity contribution in [1.29, 1.82) is 0 Å². The molecule has 0 aliphatic carbocycles. The molecule has 3 fully saturated rings. The van der Waals surface area contributed by atoms with Crippen molar-refractivity contribution in [2.45, 2.75) is 381 Å². The van der Waals surface area contributed by atoms with Gasteiger partial charge in [-0.3, -0.25) is 4.79 Å². The molecular formula is C69H129NO18. The minimum absolute atomic E-state index is 0.238. The molecule has 0 radical (unpaired) electrons. The summed E-state index contributed by atoms with van der Waals surface area (Å²) in [4.78, 5) is 13.3. The summed E-state index contributed by atoms with van der Waals surface area (Å²) in [6.07, 6.45) is 32.1. The first-order chi connectivity index (χ1) is 42.8. The van der Waals surface area contributed by atoms with Crippen LogP contribution in [0.1, 0.15) is 277 Å². The standard InChI is InChI=1S/C69H129NO18/c1-3-5-7-9-11-13-15-16-17-18-19-20-21-22-23-24-25-26-27-28-29-30-31-32-33-34-35-36-37-38-40-42-44-46-53(74)52(70-57(75)47-45-43-41-39-14-12-10-8-6-4-2)51-83-67-63(81)60(78)65(55(49-72)85-67)88-69-64(82)61(79)66(56(50-73)86-69)87-68-62(80)59(77)58(76)54(48-71)84-68/h37-38,44,46,52-56,58-69,71-74,76-82H,3-36,39-43,45,47-51H2,1-2H3,(H,70,75)/b38-37+,46-44+. The quantitative estimate of drug-likeness (QED) is 0.0199. The predicted octanol–water partition coefficient (Wildman–Crippen LogP) is 9.44. The van der Waals surface area contributed by atoms with E-state index in [1.54, 1.807) is 6.08 Å². The highest BCUT2D eigenvalue weighted by atomic mass is 16.8. The number of hydrogen-bond donors (Lipinski definition) is 12. The molecule has 3 heterocycles. The zero-order valence-corrected chi connectivity index (χ0v) is 54.7. The first kappa shape index (κ1) is 80.5. The highest BCUT2D eigenvalue weighted by molar-refractivity contribution is 5.76. The van der Waals surface area contributed by atoms with E-state index in [0.29, 0.717) is 12.8 Å². The van der Waals surface area contributed by atoms with Gasteiger partial charge < -0.3 is 89.9 Å². The zero-order chi connectivity index (χ0) is 64.0. The molecule has 518 valence electrons. The molecule has 12 N–H and O–H groups in total. The lowest BCUT2D eigenvalue weighted by molar-refractivity contribution is -0.379. The molecule has 3 rings (SSSR count). The lowest BCUT2D eigenvalue weighted by Crippen LogP contribution is -2.66. The van der Waals surface area contributed by atoms with Gasteiger partial charge in [-0.15, -0.1) is 0 Å². The Morgan fingerprint density at radius 3 is 1.14 bits per heavy atom. The number of unbranched alkanes of at least 4 members (excludes halogenated alkanes) is 37. The van der Waals surface area contributed by atoms with E-state index in [1.165, 1.54) is 205 Å². The monoisotopic (exact) mass is 1260 g/mol. The summed E-state index contributed by atoms with van der Waals surface area (Å²) in [6, 6.07) is -0.985. The van der Waals surface area contributed by atoms with Gasteiger partial charge in [-0.25, -0.2) is 0 Å². The molecule has 0 spiro atoms. The summed E-state index contributed by atoms with van der Waals surface area (Å²) in [5.41, 5.74) is 0. The zero-order valence-electron chi connectivity index (χ0n) is 54.7. The molecule has 88 heavy (non-hydrogen) atoms. The first-order valence-corrected chi connectivity index (χ1v) is 35.6. The summed E-state index contributed by atoms with van der Waals surface area (Å²) < 4.78 is 34.3. The van der Waals surface area contributed by atoms with Crippen LogP contribution in [0.25, 0.3) is 0 Å². The average molecular weight is 1260 g/mol. The van der Waals surface area contributed by atoms with E-state index in [4.69, 9.17) is 28.4 Å². The van der Waals surface area contributed by atoms with Crippen molar-refractivity contribution in [2.24, 2.45) is 0 Å². The molecule has 3 saturated heterocycles. The molecule has 19 nitrogen and oxygen atoms in total. The molecule has 0 saturated carbocycles. The van der Waals surface area contributed by atoms with Crippen LogP contribution in [-0.4, -0.2) is 193 Å². The van der Waals surface area contributed by atoms with Gasteiger partial charge in [0.15, 0.2) is 18.9 Å². The minimum Gasteiger partial charge on any atom is -0.394 e. The van der Waals surface area contributed by atoms with Crippen LogP contribution in [0.15, 0.2) is 24.3 Å². The molecule has 17 unspecified atom stereocenters. The molecule has 0 aromatic heterocycles. The molecule has 1 amide bonds. The van der Waals surface area contributed by atoms with Gasteiger partial charge in [0.05, 0.1) is 38.6 Å². The van der Waals surface area contributed by atoms with Crippen molar-refractivity contribution in [3.63, 3.8) is 0 Å². The van der Waals surface area contributed by atoms with Gasteiger partial charge in [0, 0.05) is 6.42 Å². The van der Waals surface area contributed by atoms with Gasteiger partial charge in [-0.05, 0) is 32.1 Å². The van der Waals surface area contributed by atoms with Crippen molar-refractivity contribution >= 4 is 5.91 Å². The lowest BCUT2D eigenvalue weighted by atomic mass is 9.96.